The molecule has 0 saturated carbocycles. The van der Waals surface area contributed by atoms with Gasteiger partial charge in [-0.15, -0.1) is 0 Å². The second kappa shape index (κ2) is 18.8. The van der Waals surface area contributed by atoms with Gasteiger partial charge in [-0.25, -0.2) is 0 Å². The number of methoxy groups -OCH3 is 3. The van der Waals surface area contributed by atoms with Gasteiger partial charge in [-0.3, -0.25) is 19.3 Å². The summed E-state index contributed by atoms with van der Waals surface area (Å²) >= 11 is 0. The summed E-state index contributed by atoms with van der Waals surface area (Å²) in [5.41, 5.74) is 0.377. The molecule has 4 aromatic rings. The van der Waals surface area contributed by atoms with Crippen LogP contribution in [-0.2, 0) is 19.2 Å². The average Bonchev–Trinajstić information content (AvgIpc) is 3.31. The van der Waals surface area contributed by atoms with E-state index >= 15 is 0 Å². The Morgan fingerprint density at radius 2 is 1.30 bits per heavy atom. The molecule has 0 aliphatic heterocycles. The van der Waals surface area contributed by atoms with Crippen LogP contribution in [0.3, 0.4) is 0 Å². The standard InChI is InChI=1S/C49H55N4O13P/c1-25-32-21-22-33(42(56)37(32)43(57)38-36(25)44(58)40-41(53(2)3)45(59)39(48(50)62)47(61)49(40,63)46(38)60)52-35(55)24-51-34(54)8-7-23-67(29-15-9-26(64-4)10-16-29,30-17-11-27(65-5)12-18-30)31-19-13-28(66-6)14-20-31/h9-22,25,36,40-41,44,56,58-60,63,67H,7-8,23-24H2,1-6H3,(H2,50,62)(H,51,54)(H,52,55)/t25-,36+,40+,41-,44-,49-/m0/s1. The number of hydrogen-bond acceptors (Lipinski definition) is 14. The van der Waals surface area contributed by atoms with E-state index in [1.165, 1.54) is 31.1 Å². The molecule has 0 saturated heterocycles. The molecule has 0 unspecified atom stereocenters. The SMILES string of the molecule is COc1ccc([PH](CCCC(=O)NCC(=O)Nc2ccc3c(c2O)C(=O)C2=C(O)[C@]4(O)C(=O)C(C(N)=O)=C(O)[C@@H](N(C)C)[C@@H]4[C@@H](O)[C@@H]2[C@H]3C)(c2ccc(OC)cc2)c2ccc(OC)cc2)cc1. The third-order valence-electron chi connectivity index (χ3n) is 13.6. The van der Waals surface area contributed by atoms with Crippen LogP contribution in [0.5, 0.6) is 23.0 Å². The number of nitrogens with one attached hydrogen (secondary N) is 2. The first-order valence-corrected chi connectivity index (χ1v) is 23.8. The number of phenols is 1. The molecular formula is C49H55N4O13P. The Morgan fingerprint density at radius 1 is 0.791 bits per heavy atom. The van der Waals surface area contributed by atoms with Crippen molar-refractivity contribution in [1.82, 2.24) is 10.2 Å². The Morgan fingerprint density at radius 3 is 1.76 bits per heavy atom. The molecule has 0 radical (unpaired) electrons. The predicted molar refractivity (Wildman–Crippen MR) is 252 cm³/mol. The minimum atomic E-state index is -3.08. The Hall–Kier alpha value is -6.78. The van der Waals surface area contributed by atoms with Crippen LogP contribution in [0.2, 0.25) is 0 Å². The normalized spacial score (nSPS) is 22.6. The number of rotatable bonds is 15. The van der Waals surface area contributed by atoms with E-state index in [1.807, 2.05) is 72.8 Å². The molecule has 0 bridgehead atoms. The van der Waals surface area contributed by atoms with Gasteiger partial charge in [-0.1, -0.05) is 6.92 Å². The molecule has 6 atom stereocenters. The number of fused-ring (bicyclic) bond motifs is 3. The molecule has 0 spiro atoms. The number of nitrogens with two attached hydrogens (primary N) is 1. The van der Waals surface area contributed by atoms with E-state index in [0.717, 1.165) is 15.9 Å². The first kappa shape index (κ1) is 48.2. The number of likely N-dealkylation sites (N-methyl/N-ethyl adjacent to an activating group) is 1. The number of nitrogens with zero attached hydrogens (tertiary/aromatic N) is 1. The number of primary amides is 1. The van der Waals surface area contributed by atoms with E-state index in [2.05, 4.69) is 10.6 Å². The van der Waals surface area contributed by atoms with E-state index < -0.39 is 107 Å². The molecule has 0 heterocycles. The van der Waals surface area contributed by atoms with Gasteiger partial charge in [-0.05, 0) is 20.0 Å². The monoisotopic (exact) mass is 938 g/mol. The fourth-order valence-corrected chi connectivity index (χ4v) is 15.0. The molecule has 4 aromatic carbocycles. The van der Waals surface area contributed by atoms with Gasteiger partial charge in [-0.2, -0.15) is 0 Å². The zero-order chi connectivity index (χ0) is 48.7. The zero-order valence-corrected chi connectivity index (χ0v) is 38.8. The van der Waals surface area contributed by atoms with E-state index in [0.29, 0.717) is 29.8 Å². The van der Waals surface area contributed by atoms with Crippen LogP contribution in [-0.4, -0.2) is 126 Å². The quantitative estimate of drug-likeness (QED) is 0.0483. The number of carbonyl (C=O) groups excluding carboxylic acids is 5. The topological polar surface area (TPSA) is 268 Å². The van der Waals surface area contributed by atoms with Crippen LogP contribution in [0.4, 0.5) is 5.69 Å². The van der Waals surface area contributed by atoms with Crippen molar-refractivity contribution < 1.29 is 63.7 Å². The molecule has 9 N–H and O–H groups in total. The minimum absolute atomic E-state index is 0.0634. The number of phenolic OH excluding ortho intramolecular Hbond substituents is 1. The van der Waals surface area contributed by atoms with Crippen LogP contribution in [0.25, 0.3) is 0 Å². The van der Waals surface area contributed by atoms with E-state index in [1.54, 1.807) is 28.3 Å². The van der Waals surface area contributed by atoms with Crippen molar-refractivity contribution in [3.63, 3.8) is 0 Å². The summed E-state index contributed by atoms with van der Waals surface area (Å²) < 4.78 is 16.4. The summed E-state index contributed by atoms with van der Waals surface area (Å²) in [6, 6.07) is 25.2. The Balaban J connectivity index is 1.10. The van der Waals surface area contributed by atoms with Crippen molar-refractivity contribution in [3.8, 4) is 23.0 Å². The number of carbonyl (C=O) groups is 5. The number of anilines is 1. The van der Waals surface area contributed by atoms with Gasteiger partial charge in [0, 0.05) is 11.5 Å². The van der Waals surface area contributed by atoms with Crippen LogP contribution in [0.1, 0.15) is 41.6 Å². The molecule has 17 nitrogen and oxygen atoms in total. The van der Waals surface area contributed by atoms with Gasteiger partial charge < -0.3 is 26.2 Å². The number of ether oxygens (including phenoxy) is 3. The first-order chi connectivity index (χ1) is 31.9. The summed E-state index contributed by atoms with van der Waals surface area (Å²) in [4.78, 5) is 68.5. The van der Waals surface area contributed by atoms with Crippen molar-refractivity contribution in [2.75, 3.05) is 53.4 Å². The first-order valence-electron chi connectivity index (χ1n) is 21.6. The Kier molecular flexibility index (Phi) is 13.5. The Bertz CT molecular complexity index is 2570. The molecule has 67 heavy (non-hydrogen) atoms. The van der Waals surface area contributed by atoms with Gasteiger partial charge in [0.05, 0.1) is 18.1 Å². The Labute approximate surface area is 387 Å². The van der Waals surface area contributed by atoms with E-state index in [9.17, 15) is 49.5 Å². The van der Waals surface area contributed by atoms with E-state index in [4.69, 9.17) is 19.9 Å². The van der Waals surface area contributed by atoms with Gasteiger partial charge in [0.15, 0.2) is 5.60 Å². The fourth-order valence-electron chi connectivity index (χ4n) is 10.3. The third kappa shape index (κ3) is 8.15. The van der Waals surface area contributed by atoms with Crippen molar-refractivity contribution in [3.05, 3.63) is 119 Å². The summed E-state index contributed by atoms with van der Waals surface area (Å²) in [5.74, 6) is -9.45. The van der Waals surface area contributed by atoms with Gasteiger partial charge in [0.25, 0.3) is 5.91 Å². The summed E-state index contributed by atoms with van der Waals surface area (Å²) in [7, 11) is 4.86. The number of hydrogen-bond donors (Lipinski definition) is 8. The van der Waals surface area contributed by atoms with Gasteiger partial charge >= 0.3 is 252 Å². The average molecular weight is 939 g/mol. The zero-order valence-electron chi connectivity index (χ0n) is 37.8. The molecule has 0 fully saturated rings. The predicted octanol–water partition coefficient (Wildman–Crippen LogP) is 2.24. The van der Waals surface area contributed by atoms with Crippen LogP contribution in [0, 0.1) is 11.8 Å². The van der Waals surface area contributed by atoms with E-state index in [-0.39, 0.29) is 23.2 Å². The van der Waals surface area contributed by atoms with Crippen LogP contribution < -0.4 is 46.5 Å². The third-order valence-corrected chi connectivity index (χ3v) is 18.6. The number of amides is 3. The fraction of sp³-hybridized carbons (Fsp3) is 0.327. The molecular weight excluding hydrogens is 884 g/mol. The van der Waals surface area contributed by atoms with Gasteiger partial charge in [0.1, 0.15) is 17.1 Å². The second-order valence-corrected chi connectivity index (χ2v) is 21.3. The number of ketones is 2. The number of aliphatic hydroxyl groups excluding tert-OH is 3. The summed E-state index contributed by atoms with van der Waals surface area (Å²) in [6.45, 7) is 1.10. The summed E-state index contributed by atoms with van der Waals surface area (Å²) in [6.07, 6.45) is -0.655. The molecule has 3 aliphatic carbocycles. The van der Waals surface area contributed by atoms with Crippen LogP contribution in [0.15, 0.2) is 108 Å². The van der Waals surface area contributed by atoms with Crippen molar-refractivity contribution >= 4 is 58.2 Å². The van der Waals surface area contributed by atoms with Crippen molar-refractivity contribution in [2.45, 2.75) is 43.4 Å². The van der Waals surface area contributed by atoms with Crippen LogP contribution >= 0.6 is 7.26 Å². The molecule has 3 aliphatic rings. The number of aromatic hydroxyl groups is 1. The maximum absolute atomic E-state index is 14.3. The molecule has 3 amide bonds. The molecule has 7 rings (SSSR count). The number of Topliss-reactive ketones (excluding diaryl/α,β-unsaturated/α-hetero) is 2. The molecule has 354 valence electrons. The maximum atomic E-state index is 14.3. The van der Waals surface area contributed by atoms with Crippen molar-refractivity contribution in [1.29, 1.82) is 0 Å². The summed E-state index contributed by atoms with van der Waals surface area (Å²) in [5, 5.41) is 66.5. The number of benzene rings is 4. The number of aliphatic hydroxyl groups is 4. The molecule has 0 aromatic heterocycles. The van der Waals surface area contributed by atoms with Gasteiger partial charge in [0.2, 0.25) is 5.78 Å². The van der Waals surface area contributed by atoms with Crippen molar-refractivity contribution in [2.24, 2.45) is 17.6 Å². The molecule has 18 heteroatoms. The second-order valence-electron chi connectivity index (χ2n) is 17.2.